The van der Waals surface area contributed by atoms with Gasteiger partial charge in [0.05, 0.1) is 6.61 Å². The molecule has 0 spiro atoms. The fourth-order valence-corrected chi connectivity index (χ4v) is 3.80. The van der Waals surface area contributed by atoms with Gasteiger partial charge in [-0.1, -0.05) is 30.3 Å². The van der Waals surface area contributed by atoms with Gasteiger partial charge in [0.2, 0.25) is 0 Å². The number of hydrogen-bond acceptors (Lipinski definition) is 5. The monoisotopic (exact) mass is 369 g/mol. The van der Waals surface area contributed by atoms with E-state index in [1.165, 1.54) is 0 Å². The highest BCUT2D eigenvalue weighted by Crippen LogP contribution is 2.20. The van der Waals surface area contributed by atoms with Crippen molar-refractivity contribution in [2.24, 2.45) is 5.92 Å². The predicted octanol–water partition coefficient (Wildman–Crippen LogP) is 3.18. The Labute approximate surface area is 150 Å². The van der Waals surface area contributed by atoms with E-state index in [0.717, 1.165) is 12.8 Å². The summed E-state index contributed by atoms with van der Waals surface area (Å²) < 4.78 is 34.8. The van der Waals surface area contributed by atoms with Gasteiger partial charge in [-0.3, -0.25) is 4.18 Å². The van der Waals surface area contributed by atoms with Crippen molar-refractivity contribution in [2.45, 2.75) is 45.0 Å². The van der Waals surface area contributed by atoms with Gasteiger partial charge in [0.1, 0.15) is 11.4 Å². The van der Waals surface area contributed by atoms with Gasteiger partial charge >= 0.3 is 6.09 Å². The smallest absolute Gasteiger partial charge is 0.410 e. The molecule has 0 aromatic heterocycles. The first kappa shape index (κ1) is 19.7. The molecule has 1 aromatic rings. The lowest BCUT2D eigenvalue weighted by atomic mass is 9.99. The second kappa shape index (κ2) is 8.19. The van der Waals surface area contributed by atoms with Crippen LogP contribution in [0, 0.1) is 5.92 Å². The highest BCUT2D eigenvalue weighted by atomic mass is 32.2. The quantitative estimate of drug-likeness (QED) is 0.745. The SMILES string of the molecule is CC(C)(C)OC(=O)N1CCCC(COS(=O)(=O)Cc2ccccc2)C1. The van der Waals surface area contributed by atoms with Crippen LogP contribution in [0.5, 0.6) is 0 Å². The Hall–Kier alpha value is -1.60. The summed E-state index contributed by atoms with van der Waals surface area (Å²) in [4.78, 5) is 13.8. The zero-order valence-electron chi connectivity index (χ0n) is 15.1. The first-order chi connectivity index (χ1) is 11.6. The van der Waals surface area contributed by atoms with Crippen molar-refractivity contribution in [3.8, 4) is 0 Å². The number of carbonyl (C=O) groups is 1. The molecule has 0 N–H and O–H groups in total. The second-order valence-electron chi connectivity index (χ2n) is 7.41. The third-order valence-corrected chi connectivity index (χ3v) is 5.02. The van der Waals surface area contributed by atoms with Crippen molar-refractivity contribution in [1.29, 1.82) is 0 Å². The van der Waals surface area contributed by atoms with E-state index in [2.05, 4.69) is 0 Å². The lowest BCUT2D eigenvalue weighted by molar-refractivity contribution is 0.0142. The number of likely N-dealkylation sites (tertiary alicyclic amines) is 1. The summed E-state index contributed by atoms with van der Waals surface area (Å²) in [5.41, 5.74) is 0.154. The minimum absolute atomic E-state index is 0.00758. The molecule has 0 radical (unpaired) electrons. The first-order valence-electron chi connectivity index (χ1n) is 8.53. The van der Waals surface area contributed by atoms with Crippen molar-refractivity contribution in [1.82, 2.24) is 4.90 Å². The van der Waals surface area contributed by atoms with Crippen LogP contribution in [-0.4, -0.2) is 44.7 Å². The van der Waals surface area contributed by atoms with Crippen LogP contribution < -0.4 is 0 Å². The van der Waals surface area contributed by atoms with Crippen LogP contribution in [0.1, 0.15) is 39.2 Å². The lowest BCUT2D eigenvalue weighted by Crippen LogP contribution is -2.44. The molecule has 140 valence electrons. The van der Waals surface area contributed by atoms with E-state index in [1.54, 1.807) is 29.2 Å². The van der Waals surface area contributed by atoms with Gasteiger partial charge in [0.25, 0.3) is 10.1 Å². The van der Waals surface area contributed by atoms with Gasteiger partial charge in [-0.15, -0.1) is 0 Å². The summed E-state index contributed by atoms with van der Waals surface area (Å²) in [6, 6.07) is 8.94. The molecule has 1 fully saturated rings. The van der Waals surface area contributed by atoms with Crippen molar-refractivity contribution in [3.63, 3.8) is 0 Å². The average Bonchev–Trinajstić information content (AvgIpc) is 2.52. The molecule has 1 atom stereocenters. The van der Waals surface area contributed by atoms with Crippen LogP contribution >= 0.6 is 0 Å². The number of carbonyl (C=O) groups excluding carboxylic acids is 1. The summed E-state index contributed by atoms with van der Waals surface area (Å²) >= 11 is 0. The van der Waals surface area contributed by atoms with E-state index in [0.29, 0.717) is 18.7 Å². The van der Waals surface area contributed by atoms with Crippen LogP contribution in [-0.2, 0) is 24.8 Å². The number of piperidine rings is 1. The molecule has 25 heavy (non-hydrogen) atoms. The Morgan fingerprint density at radius 3 is 2.56 bits per heavy atom. The zero-order valence-corrected chi connectivity index (χ0v) is 15.9. The summed E-state index contributed by atoms with van der Waals surface area (Å²) in [5.74, 6) is -0.150. The molecule has 1 unspecified atom stereocenters. The second-order valence-corrected chi connectivity index (χ2v) is 9.05. The Kier molecular flexibility index (Phi) is 6.46. The fraction of sp³-hybridized carbons (Fsp3) is 0.611. The van der Waals surface area contributed by atoms with E-state index < -0.39 is 15.7 Å². The van der Waals surface area contributed by atoms with Crippen molar-refractivity contribution in [3.05, 3.63) is 35.9 Å². The number of hydrogen-bond donors (Lipinski definition) is 0. The number of nitrogens with zero attached hydrogens (tertiary/aromatic N) is 1. The Morgan fingerprint density at radius 1 is 1.24 bits per heavy atom. The summed E-state index contributed by atoms with van der Waals surface area (Å²) in [5, 5.41) is 0. The zero-order chi connectivity index (χ0) is 18.5. The normalized spacial score (nSPS) is 18.8. The van der Waals surface area contributed by atoms with Crippen LogP contribution in [0.4, 0.5) is 4.79 Å². The van der Waals surface area contributed by atoms with E-state index in [9.17, 15) is 13.2 Å². The number of ether oxygens (including phenoxy) is 1. The lowest BCUT2D eigenvalue weighted by Gasteiger charge is -2.33. The molecule has 1 amide bonds. The van der Waals surface area contributed by atoms with Crippen LogP contribution in [0.2, 0.25) is 0 Å². The molecule has 1 saturated heterocycles. The molecular formula is C18H27NO5S. The summed E-state index contributed by atoms with van der Waals surface area (Å²) in [6.07, 6.45) is 1.29. The van der Waals surface area contributed by atoms with Crippen LogP contribution in [0.25, 0.3) is 0 Å². The summed E-state index contributed by atoms with van der Waals surface area (Å²) in [7, 11) is -3.64. The van der Waals surface area contributed by atoms with Crippen LogP contribution in [0.3, 0.4) is 0 Å². The van der Waals surface area contributed by atoms with E-state index >= 15 is 0 Å². The van der Waals surface area contributed by atoms with E-state index in [-0.39, 0.29) is 24.4 Å². The molecule has 0 aliphatic carbocycles. The van der Waals surface area contributed by atoms with E-state index in [4.69, 9.17) is 8.92 Å². The third kappa shape index (κ3) is 7.04. The Bertz CT molecular complexity index is 666. The fourth-order valence-electron chi connectivity index (χ4n) is 2.71. The Morgan fingerprint density at radius 2 is 1.92 bits per heavy atom. The molecule has 6 nitrogen and oxygen atoms in total. The number of benzene rings is 1. The predicted molar refractivity (Wildman–Crippen MR) is 95.5 cm³/mol. The molecular weight excluding hydrogens is 342 g/mol. The maximum absolute atomic E-state index is 12.1. The standard InChI is InChI=1S/C18H27NO5S/c1-18(2,3)24-17(20)19-11-7-10-16(12-19)13-23-25(21,22)14-15-8-5-4-6-9-15/h4-6,8-9,16H,7,10-14H2,1-3H3. The molecule has 2 rings (SSSR count). The third-order valence-electron chi connectivity index (χ3n) is 3.84. The van der Waals surface area contributed by atoms with Crippen molar-refractivity contribution >= 4 is 16.2 Å². The van der Waals surface area contributed by atoms with Gasteiger partial charge in [0, 0.05) is 19.0 Å². The van der Waals surface area contributed by atoms with Crippen LogP contribution in [0.15, 0.2) is 30.3 Å². The molecule has 0 bridgehead atoms. The number of amides is 1. The maximum atomic E-state index is 12.1. The van der Waals surface area contributed by atoms with Gasteiger partial charge in [-0.2, -0.15) is 8.42 Å². The highest BCUT2D eigenvalue weighted by molar-refractivity contribution is 7.85. The van der Waals surface area contributed by atoms with Crippen molar-refractivity contribution in [2.75, 3.05) is 19.7 Å². The molecule has 1 aliphatic rings. The minimum Gasteiger partial charge on any atom is -0.444 e. The van der Waals surface area contributed by atoms with Gasteiger partial charge in [0.15, 0.2) is 0 Å². The summed E-state index contributed by atoms with van der Waals surface area (Å²) in [6.45, 7) is 6.65. The molecule has 0 saturated carbocycles. The molecule has 1 heterocycles. The first-order valence-corrected chi connectivity index (χ1v) is 10.1. The largest absolute Gasteiger partial charge is 0.444 e. The van der Waals surface area contributed by atoms with Gasteiger partial charge in [-0.05, 0) is 39.2 Å². The molecule has 7 heteroatoms. The maximum Gasteiger partial charge on any atom is 0.410 e. The average molecular weight is 369 g/mol. The van der Waals surface area contributed by atoms with Gasteiger partial charge < -0.3 is 9.64 Å². The highest BCUT2D eigenvalue weighted by Gasteiger charge is 2.28. The van der Waals surface area contributed by atoms with Gasteiger partial charge in [-0.25, -0.2) is 4.79 Å². The molecule has 1 aliphatic heterocycles. The molecule has 1 aromatic carbocycles. The van der Waals surface area contributed by atoms with Crippen molar-refractivity contribution < 1.29 is 22.1 Å². The minimum atomic E-state index is -3.64. The topological polar surface area (TPSA) is 72.9 Å². The number of rotatable bonds is 5. The van der Waals surface area contributed by atoms with E-state index in [1.807, 2.05) is 26.8 Å². The Balaban J connectivity index is 1.85.